The summed E-state index contributed by atoms with van der Waals surface area (Å²) in [7, 11) is 0. The predicted molar refractivity (Wildman–Crippen MR) is 153 cm³/mol. The molecule has 5 nitrogen and oxygen atoms in total. The summed E-state index contributed by atoms with van der Waals surface area (Å²) < 4.78 is 5.92. The van der Waals surface area contributed by atoms with E-state index in [1.807, 2.05) is 61.5 Å². The molecule has 2 amide bonds. The standard InChI is InChI=1S/C31H34Cl2N2O3/c1-22-10-8-9-15-29(22)38-21-30(36)35(20-24-16-17-25(32)19-27(24)33)28(18-23-11-4-2-5-12-23)31(37)34-26-13-6-3-7-14-26/h2,4-5,8-12,15-17,19,26,28H,3,6-7,13-14,18,20-21H2,1H3,(H,34,37). The van der Waals surface area contributed by atoms with Crippen LogP contribution < -0.4 is 10.1 Å². The molecule has 1 atom stereocenters. The van der Waals surface area contributed by atoms with Crippen LogP contribution in [0.15, 0.2) is 72.8 Å². The van der Waals surface area contributed by atoms with Gasteiger partial charge in [-0.05, 0) is 54.7 Å². The van der Waals surface area contributed by atoms with Crippen molar-refractivity contribution in [1.29, 1.82) is 0 Å². The van der Waals surface area contributed by atoms with Gasteiger partial charge >= 0.3 is 0 Å². The summed E-state index contributed by atoms with van der Waals surface area (Å²) in [5.41, 5.74) is 2.61. The highest BCUT2D eigenvalue weighted by Crippen LogP contribution is 2.25. The van der Waals surface area contributed by atoms with Crippen LogP contribution in [0.5, 0.6) is 5.75 Å². The van der Waals surface area contributed by atoms with Crippen molar-refractivity contribution in [1.82, 2.24) is 10.2 Å². The summed E-state index contributed by atoms with van der Waals surface area (Å²) in [5.74, 6) is 0.186. The molecule has 3 aromatic rings. The zero-order valence-corrected chi connectivity index (χ0v) is 23.2. The zero-order valence-electron chi connectivity index (χ0n) is 21.7. The number of hydrogen-bond acceptors (Lipinski definition) is 3. The third kappa shape index (κ3) is 7.75. The number of nitrogens with one attached hydrogen (secondary N) is 1. The number of carbonyl (C=O) groups is 2. The summed E-state index contributed by atoms with van der Waals surface area (Å²) in [5, 5.41) is 4.19. The van der Waals surface area contributed by atoms with E-state index in [-0.39, 0.29) is 31.0 Å². The molecule has 0 saturated heterocycles. The Labute approximate surface area is 235 Å². The number of ether oxygens (including phenoxy) is 1. The minimum Gasteiger partial charge on any atom is -0.484 e. The summed E-state index contributed by atoms with van der Waals surface area (Å²) >= 11 is 12.6. The fourth-order valence-corrected chi connectivity index (χ4v) is 5.34. The maximum absolute atomic E-state index is 13.8. The molecule has 1 N–H and O–H groups in total. The van der Waals surface area contributed by atoms with Gasteiger partial charge in [-0.15, -0.1) is 0 Å². The van der Waals surface area contributed by atoms with Crippen molar-refractivity contribution in [2.45, 2.75) is 64.1 Å². The lowest BCUT2D eigenvalue weighted by atomic mass is 9.94. The molecule has 4 rings (SSSR count). The molecule has 0 aliphatic heterocycles. The molecule has 200 valence electrons. The third-order valence-corrected chi connectivity index (χ3v) is 7.61. The van der Waals surface area contributed by atoms with Gasteiger partial charge in [0.25, 0.3) is 5.91 Å². The second-order valence-corrected chi connectivity index (χ2v) is 10.7. The van der Waals surface area contributed by atoms with E-state index in [2.05, 4.69) is 5.32 Å². The second kappa shape index (κ2) is 13.7. The maximum Gasteiger partial charge on any atom is 0.261 e. The smallest absolute Gasteiger partial charge is 0.261 e. The van der Waals surface area contributed by atoms with Gasteiger partial charge in [-0.1, -0.05) is 97.1 Å². The number of carbonyl (C=O) groups excluding carboxylic acids is 2. The SMILES string of the molecule is Cc1ccccc1OCC(=O)N(Cc1ccc(Cl)cc1Cl)C(Cc1ccccc1)C(=O)NC1CCCCC1. The Bertz CT molecular complexity index is 1230. The molecular weight excluding hydrogens is 519 g/mol. The highest BCUT2D eigenvalue weighted by molar-refractivity contribution is 6.35. The average Bonchev–Trinajstić information content (AvgIpc) is 2.92. The van der Waals surface area contributed by atoms with Crippen molar-refractivity contribution >= 4 is 35.0 Å². The van der Waals surface area contributed by atoms with E-state index in [1.54, 1.807) is 23.1 Å². The maximum atomic E-state index is 13.8. The number of halogens is 2. The van der Waals surface area contributed by atoms with Gasteiger partial charge < -0.3 is 15.0 Å². The Morgan fingerprint density at radius 1 is 0.974 bits per heavy atom. The fourth-order valence-electron chi connectivity index (χ4n) is 4.87. The van der Waals surface area contributed by atoms with Crippen LogP contribution >= 0.6 is 23.2 Å². The molecule has 0 bridgehead atoms. The van der Waals surface area contributed by atoms with E-state index in [9.17, 15) is 9.59 Å². The van der Waals surface area contributed by atoms with Crippen molar-refractivity contribution in [2.24, 2.45) is 0 Å². The normalized spacial score (nSPS) is 14.5. The number of nitrogens with zero attached hydrogens (tertiary/aromatic N) is 1. The second-order valence-electron chi connectivity index (χ2n) is 9.86. The quantitative estimate of drug-likeness (QED) is 0.302. The van der Waals surface area contributed by atoms with Crippen LogP contribution in [0.25, 0.3) is 0 Å². The first-order valence-corrected chi connectivity index (χ1v) is 13.9. The van der Waals surface area contributed by atoms with E-state index in [1.165, 1.54) is 6.42 Å². The van der Waals surface area contributed by atoms with Gasteiger partial charge in [-0.3, -0.25) is 9.59 Å². The zero-order chi connectivity index (χ0) is 26.9. The topological polar surface area (TPSA) is 58.6 Å². The minimum atomic E-state index is -0.737. The van der Waals surface area contributed by atoms with Gasteiger partial charge in [-0.2, -0.15) is 0 Å². The summed E-state index contributed by atoms with van der Waals surface area (Å²) in [6, 6.07) is 21.9. The molecule has 1 saturated carbocycles. The lowest BCUT2D eigenvalue weighted by Gasteiger charge is -2.33. The van der Waals surface area contributed by atoms with Crippen LogP contribution in [0.4, 0.5) is 0 Å². The van der Waals surface area contributed by atoms with Crippen LogP contribution in [0, 0.1) is 6.92 Å². The van der Waals surface area contributed by atoms with Gasteiger partial charge in [0.05, 0.1) is 0 Å². The third-order valence-electron chi connectivity index (χ3n) is 7.02. The molecule has 1 aliphatic carbocycles. The number of benzene rings is 3. The molecular formula is C31H34Cl2N2O3. The van der Waals surface area contributed by atoms with Gasteiger partial charge in [0.1, 0.15) is 11.8 Å². The number of amides is 2. The molecule has 0 heterocycles. The van der Waals surface area contributed by atoms with E-state index in [0.717, 1.165) is 36.8 Å². The summed E-state index contributed by atoms with van der Waals surface area (Å²) in [6.45, 7) is 1.89. The first-order chi connectivity index (χ1) is 18.4. The molecule has 0 spiro atoms. The van der Waals surface area contributed by atoms with Gasteiger partial charge in [-0.25, -0.2) is 0 Å². The number of para-hydroxylation sites is 1. The Morgan fingerprint density at radius 3 is 2.39 bits per heavy atom. The predicted octanol–water partition coefficient (Wildman–Crippen LogP) is 6.77. The Kier molecular flexibility index (Phi) is 10.1. The van der Waals surface area contributed by atoms with Crippen molar-refractivity contribution in [3.63, 3.8) is 0 Å². The van der Waals surface area contributed by atoms with E-state index >= 15 is 0 Å². The summed E-state index contributed by atoms with van der Waals surface area (Å²) in [4.78, 5) is 29.2. The largest absolute Gasteiger partial charge is 0.484 e. The lowest BCUT2D eigenvalue weighted by Crippen LogP contribution is -2.53. The first kappa shape index (κ1) is 28.0. The molecule has 1 unspecified atom stereocenters. The first-order valence-electron chi connectivity index (χ1n) is 13.2. The Morgan fingerprint density at radius 2 is 1.68 bits per heavy atom. The Hall–Kier alpha value is -3.02. The molecule has 38 heavy (non-hydrogen) atoms. The van der Waals surface area contributed by atoms with Gasteiger partial charge in [0.15, 0.2) is 6.61 Å². The molecule has 3 aromatic carbocycles. The fraction of sp³-hybridized carbons (Fsp3) is 0.355. The van der Waals surface area contributed by atoms with Crippen LogP contribution in [-0.4, -0.2) is 35.4 Å². The van der Waals surface area contributed by atoms with Crippen molar-refractivity contribution in [3.05, 3.63) is 99.5 Å². The minimum absolute atomic E-state index is 0.119. The number of rotatable bonds is 10. The van der Waals surface area contributed by atoms with E-state index in [4.69, 9.17) is 27.9 Å². The average molecular weight is 554 g/mol. The van der Waals surface area contributed by atoms with Crippen molar-refractivity contribution in [2.75, 3.05) is 6.61 Å². The molecule has 7 heteroatoms. The highest BCUT2D eigenvalue weighted by atomic mass is 35.5. The van der Waals surface area contributed by atoms with Crippen molar-refractivity contribution in [3.8, 4) is 5.75 Å². The molecule has 1 aliphatic rings. The lowest BCUT2D eigenvalue weighted by molar-refractivity contribution is -0.143. The number of hydrogen-bond donors (Lipinski definition) is 1. The van der Waals surface area contributed by atoms with Gasteiger partial charge in [0.2, 0.25) is 5.91 Å². The molecule has 0 radical (unpaired) electrons. The number of aryl methyl sites for hydroxylation is 1. The summed E-state index contributed by atoms with van der Waals surface area (Å²) in [6.07, 6.45) is 5.67. The molecule has 1 fully saturated rings. The van der Waals surface area contributed by atoms with E-state index in [0.29, 0.717) is 27.8 Å². The molecule has 0 aromatic heterocycles. The van der Waals surface area contributed by atoms with Crippen LogP contribution in [0.3, 0.4) is 0 Å². The van der Waals surface area contributed by atoms with Gasteiger partial charge in [0, 0.05) is 29.1 Å². The Balaban J connectivity index is 1.64. The van der Waals surface area contributed by atoms with Crippen LogP contribution in [0.2, 0.25) is 10.0 Å². The van der Waals surface area contributed by atoms with E-state index < -0.39 is 6.04 Å². The van der Waals surface area contributed by atoms with Crippen LogP contribution in [-0.2, 0) is 22.6 Å². The monoisotopic (exact) mass is 552 g/mol. The van der Waals surface area contributed by atoms with Crippen molar-refractivity contribution < 1.29 is 14.3 Å². The van der Waals surface area contributed by atoms with Crippen LogP contribution in [0.1, 0.15) is 48.8 Å². The highest BCUT2D eigenvalue weighted by Gasteiger charge is 2.32.